The topological polar surface area (TPSA) is 53.0 Å². The summed E-state index contributed by atoms with van der Waals surface area (Å²) in [5.41, 5.74) is 2.19. The Morgan fingerprint density at radius 1 is 1.11 bits per heavy atom. The van der Waals surface area contributed by atoms with Crippen LogP contribution in [0.4, 0.5) is 5.69 Å². The molecule has 0 aromatic heterocycles. The number of benzene rings is 2. The summed E-state index contributed by atoms with van der Waals surface area (Å²) < 4.78 is 4.74. The quantitative estimate of drug-likeness (QED) is 0.746. The lowest BCUT2D eigenvalue weighted by Gasteiger charge is -2.40. The van der Waals surface area contributed by atoms with E-state index in [4.69, 9.17) is 4.74 Å². The van der Waals surface area contributed by atoms with Crippen molar-refractivity contribution in [1.82, 2.24) is 4.90 Å². The molecule has 0 amide bonds. The van der Waals surface area contributed by atoms with E-state index in [9.17, 15) is 9.90 Å². The Labute approximate surface area is 167 Å². The molecule has 0 spiro atoms. The molecule has 2 aromatic carbocycles. The van der Waals surface area contributed by atoms with Gasteiger partial charge in [-0.1, -0.05) is 30.3 Å². The van der Waals surface area contributed by atoms with Crippen LogP contribution in [0, 0.1) is 0 Å². The molecule has 1 saturated heterocycles. The van der Waals surface area contributed by atoms with Crippen LogP contribution in [0.15, 0.2) is 54.6 Å². The standard InChI is InChI=1S/C23H30N2O3/c1-24(21-10-8-20(9-11-21)22(26)28-2)18-23(27)13-16-25(17-14-23)15-12-19-6-4-3-5-7-19/h3-11,27H,12-18H2,1-2H3. The minimum atomic E-state index is -0.682. The Bertz CT molecular complexity index is 753. The largest absolute Gasteiger partial charge is 0.465 e. The molecule has 0 radical (unpaired) electrons. The minimum Gasteiger partial charge on any atom is -0.465 e. The predicted molar refractivity (Wildman–Crippen MR) is 112 cm³/mol. The lowest BCUT2D eigenvalue weighted by molar-refractivity contribution is -0.0137. The van der Waals surface area contributed by atoms with Gasteiger partial charge in [0.2, 0.25) is 0 Å². The van der Waals surface area contributed by atoms with Crippen LogP contribution in [0.3, 0.4) is 0 Å². The predicted octanol–water partition coefficient (Wildman–Crippen LogP) is 2.98. The van der Waals surface area contributed by atoms with E-state index in [1.807, 2.05) is 25.2 Å². The van der Waals surface area contributed by atoms with Gasteiger partial charge in [-0.15, -0.1) is 0 Å². The maximum atomic E-state index is 11.6. The first-order chi connectivity index (χ1) is 13.5. The van der Waals surface area contributed by atoms with Crippen molar-refractivity contribution in [2.45, 2.75) is 24.9 Å². The fraction of sp³-hybridized carbons (Fsp3) is 0.435. The molecule has 1 fully saturated rings. The molecular formula is C23H30N2O3. The molecule has 28 heavy (non-hydrogen) atoms. The van der Waals surface area contributed by atoms with E-state index >= 15 is 0 Å². The van der Waals surface area contributed by atoms with Crippen LogP contribution < -0.4 is 4.90 Å². The monoisotopic (exact) mass is 382 g/mol. The number of likely N-dealkylation sites (N-methyl/N-ethyl adjacent to an activating group) is 1. The molecule has 1 heterocycles. The Kier molecular flexibility index (Phi) is 6.70. The van der Waals surface area contributed by atoms with Gasteiger partial charge in [-0.05, 0) is 49.1 Å². The Balaban J connectivity index is 1.48. The second-order valence-electron chi connectivity index (χ2n) is 7.70. The molecule has 3 rings (SSSR count). The molecular weight excluding hydrogens is 352 g/mol. The van der Waals surface area contributed by atoms with Crippen molar-refractivity contribution in [3.8, 4) is 0 Å². The summed E-state index contributed by atoms with van der Waals surface area (Å²) in [5, 5.41) is 11.0. The summed E-state index contributed by atoms with van der Waals surface area (Å²) in [7, 11) is 3.36. The number of aliphatic hydroxyl groups is 1. The molecule has 0 bridgehead atoms. The highest BCUT2D eigenvalue weighted by Crippen LogP contribution is 2.25. The molecule has 0 aliphatic carbocycles. The highest BCUT2D eigenvalue weighted by molar-refractivity contribution is 5.89. The summed E-state index contributed by atoms with van der Waals surface area (Å²) in [6, 6.07) is 17.8. The van der Waals surface area contributed by atoms with Crippen LogP contribution >= 0.6 is 0 Å². The second-order valence-corrected chi connectivity index (χ2v) is 7.70. The number of hydrogen-bond acceptors (Lipinski definition) is 5. The zero-order valence-electron chi connectivity index (χ0n) is 16.8. The number of likely N-dealkylation sites (tertiary alicyclic amines) is 1. The number of nitrogens with zero attached hydrogens (tertiary/aromatic N) is 2. The van der Waals surface area contributed by atoms with Crippen LogP contribution in [0.5, 0.6) is 0 Å². The number of ether oxygens (including phenoxy) is 1. The Morgan fingerprint density at radius 2 is 1.75 bits per heavy atom. The molecule has 1 aliphatic rings. The van der Waals surface area contributed by atoms with E-state index in [1.54, 1.807) is 12.1 Å². The lowest BCUT2D eigenvalue weighted by Crippen LogP contribution is -2.50. The molecule has 0 unspecified atom stereocenters. The van der Waals surface area contributed by atoms with E-state index < -0.39 is 5.60 Å². The Morgan fingerprint density at radius 3 is 2.36 bits per heavy atom. The maximum absolute atomic E-state index is 11.6. The molecule has 1 N–H and O–H groups in total. The average Bonchev–Trinajstić information content (AvgIpc) is 2.73. The normalized spacial score (nSPS) is 16.5. The molecule has 1 aliphatic heterocycles. The number of rotatable bonds is 7. The van der Waals surface area contributed by atoms with Gasteiger partial charge in [-0.2, -0.15) is 0 Å². The van der Waals surface area contributed by atoms with E-state index in [0.29, 0.717) is 12.1 Å². The highest BCUT2D eigenvalue weighted by Gasteiger charge is 2.33. The van der Waals surface area contributed by atoms with Crippen molar-refractivity contribution in [3.05, 3.63) is 65.7 Å². The van der Waals surface area contributed by atoms with Crippen LogP contribution in [0.1, 0.15) is 28.8 Å². The van der Waals surface area contributed by atoms with Crippen LogP contribution in [-0.2, 0) is 11.2 Å². The second kappa shape index (κ2) is 9.22. The van der Waals surface area contributed by atoms with E-state index in [-0.39, 0.29) is 5.97 Å². The Hall–Kier alpha value is -2.37. The zero-order valence-corrected chi connectivity index (χ0v) is 16.8. The molecule has 5 nitrogen and oxygen atoms in total. The molecule has 0 atom stereocenters. The summed E-state index contributed by atoms with van der Waals surface area (Å²) in [6.45, 7) is 3.44. The van der Waals surface area contributed by atoms with Gasteiger partial charge in [-0.25, -0.2) is 4.79 Å². The molecule has 5 heteroatoms. The number of carbonyl (C=O) groups is 1. The molecule has 2 aromatic rings. The molecule has 0 saturated carbocycles. The zero-order chi connectivity index (χ0) is 20.0. The van der Waals surface area contributed by atoms with Crippen molar-refractivity contribution in [1.29, 1.82) is 0 Å². The van der Waals surface area contributed by atoms with Gasteiger partial charge >= 0.3 is 5.97 Å². The first-order valence-corrected chi connectivity index (χ1v) is 9.87. The van der Waals surface area contributed by atoms with Crippen LogP contribution in [0.2, 0.25) is 0 Å². The lowest BCUT2D eigenvalue weighted by atomic mass is 9.90. The SMILES string of the molecule is COC(=O)c1ccc(N(C)CC2(O)CCN(CCc3ccccc3)CC2)cc1. The van der Waals surface area contributed by atoms with Gasteiger partial charge in [0.05, 0.1) is 18.3 Å². The van der Waals surface area contributed by atoms with Gasteiger partial charge in [0.1, 0.15) is 0 Å². The number of esters is 1. The fourth-order valence-corrected chi connectivity index (χ4v) is 3.79. The fourth-order valence-electron chi connectivity index (χ4n) is 3.79. The number of anilines is 1. The number of carbonyl (C=O) groups excluding carboxylic acids is 1. The van der Waals surface area contributed by atoms with Gasteiger partial charge in [0, 0.05) is 38.9 Å². The van der Waals surface area contributed by atoms with Crippen LogP contribution in [-0.4, -0.2) is 61.9 Å². The summed E-state index contributed by atoms with van der Waals surface area (Å²) in [4.78, 5) is 16.0. The maximum Gasteiger partial charge on any atom is 0.337 e. The van der Waals surface area contributed by atoms with Crippen LogP contribution in [0.25, 0.3) is 0 Å². The van der Waals surface area contributed by atoms with Crippen molar-refractivity contribution >= 4 is 11.7 Å². The van der Waals surface area contributed by atoms with Crippen molar-refractivity contribution in [2.75, 3.05) is 45.2 Å². The van der Waals surface area contributed by atoms with E-state index in [0.717, 1.165) is 44.6 Å². The molecule has 150 valence electrons. The smallest absolute Gasteiger partial charge is 0.337 e. The van der Waals surface area contributed by atoms with Crippen molar-refractivity contribution < 1.29 is 14.6 Å². The number of piperidine rings is 1. The van der Waals surface area contributed by atoms with E-state index in [1.165, 1.54) is 12.7 Å². The highest BCUT2D eigenvalue weighted by atomic mass is 16.5. The first-order valence-electron chi connectivity index (χ1n) is 9.87. The summed E-state index contributed by atoms with van der Waals surface area (Å²) in [6.07, 6.45) is 2.59. The first kappa shape index (κ1) is 20.4. The van der Waals surface area contributed by atoms with Gasteiger partial charge < -0.3 is 19.6 Å². The van der Waals surface area contributed by atoms with Gasteiger partial charge in [0.15, 0.2) is 0 Å². The van der Waals surface area contributed by atoms with Gasteiger partial charge in [0.25, 0.3) is 0 Å². The van der Waals surface area contributed by atoms with Crippen molar-refractivity contribution in [3.63, 3.8) is 0 Å². The summed E-state index contributed by atoms with van der Waals surface area (Å²) >= 11 is 0. The third kappa shape index (κ3) is 5.33. The third-order valence-corrected chi connectivity index (χ3v) is 5.61. The summed E-state index contributed by atoms with van der Waals surface area (Å²) in [5.74, 6) is -0.337. The number of hydrogen-bond donors (Lipinski definition) is 1. The van der Waals surface area contributed by atoms with Crippen molar-refractivity contribution in [2.24, 2.45) is 0 Å². The third-order valence-electron chi connectivity index (χ3n) is 5.61. The average molecular weight is 383 g/mol. The van der Waals surface area contributed by atoms with Gasteiger partial charge in [-0.3, -0.25) is 0 Å². The number of methoxy groups -OCH3 is 1. The van der Waals surface area contributed by atoms with E-state index in [2.05, 4.69) is 34.1 Å². The minimum absolute atomic E-state index is 0.337.